The van der Waals surface area contributed by atoms with Crippen LogP contribution < -0.4 is 0 Å². The summed E-state index contributed by atoms with van der Waals surface area (Å²) >= 11 is 3.20. The maximum absolute atomic E-state index is 13.9. The predicted octanol–water partition coefficient (Wildman–Crippen LogP) is 4.30. The molecule has 104 valence electrons. The zero-order chi connectivity index (χ0) is 14.7. The number of aromatic carboxylic acids is 1. The first-order chi connectivity index (χ1) is 9.52. The van der Waals surface area contributed by atoms with Crippen LogP contribution in [0.4, 0.5) is 4.39 Å². The van der Waals surface area contributed by atoms with Crippen molar-refractivity contribution in [3.63, 3.8) is 0 Å². The number of benzene rings is 1. The van der Waals surface area contributed by atoms with E-state index in [4.69, 9.17) is 5.11 Å². The third-order valence-corrected chi connectivity index (χ3v) is 3.39. The molecule has 5 heteroatoms. The number of carboxylic acid groups (broad SMARTS) is 1. The highest BCUT2D eigenvalue weighted by atomic mass is 79.9. The van der Waals surface area contributed by atoms with E-state index in [1.165, 1.54) is 18.2 Å². The fraction of sp³-hybridized carbons (Fsp3) is 0.200. The Morgan fingerprint density at radius 3 is 2.70 bits per heavy atom. The molecule has 1 heterocycles. The third kappa shape index (κ3) is 3.04. The number of carbonyl (C=O) groups is 1. The average molecular weight is 338 g/mol. The Kier molecular flexibility index (Phi) is 4.49. The molecule has 1 aromatic carbocycles. The van der Waals surface area contributed by atoms with Crippen LogP contribution in [0.25, 0.3) is 11.3 Å². The van der Waals surface area contributed by atoms with E-state index in [-0.39, 0.29) is 5.56 Å². The second kappa shape index (κ2) is 6.13. The van der Waals surface area contributed by atoms with Crippen molar-refractivity contribution in [1.29, 1.82) is 0 Å². The number of rotatable bonds is 4. The van der Waals surface area contributed by atoms with Gasteiger partial charge in [-0.25, -0.2) is 9.18 Å². The van der Waals surface area contributed by atoms with E-state index < -0.39 is 11.8 Å². The summed E-state index contributed by atoms with van der Waals surface area (Å²) in [5.41, 5.74) is 1.47. The van der Waals surface area contributed by atoms with Gasteiger partial charge in [-0.1, -0.05) is 29.3 Å². The van der Waals surface area contributed by atoms with Gasteiger partial charge in [0, 0.05) is 10.0 Å². The van der Waals surface area contributed by atoms with Crippen LogP contribution in [0, 0.1) is 5.82 Å². The minimum absolute atomic E-state index is 0.174. The molecule has 0 saturated heterocycles. The van der Waals surface area contributed by atoms with Crippen LogP contribution in [0.5, 0.6) is 0 Å². The Labute approximate surface area is 124 Å². The van der Waals surface area contributed by atoms with Crippen LogP contribution in [0.3, 0.4) is 0 Å². The predicted molar refractivity (Wildman–Crippen MR) is 78.3 cm³/mol. The van der Waals surface area contributed by atoms with E-state index >= 15 is 0 Å². The van der Waals surface area contributed by atoms with Crippen molar-refractivity contribution in [3.8, 4) is 11.3 Å². The number of hydrogen-bond acceptors (Lipinski definition) is 2. The molecular formula is C15H13BrFNO2. The van der Waals surface area contributed by atoms with Crippen molar-refractivity contribution >= 4 is 21.9 Å². The van der Waals surface area contributed by atoms with E-state index in [9.17, 15) is 9.18 Å². The summed E-state index contributed by atoms with van der Waals surface area (Å²) in [5.74, 6) is -1.40. The van der Waals surface area contributed by atoms with Gasteiger partial charge in [0.1, 0.15) is 5.82 Å². The second-order valence-electron chi connectivity index (χ2n) is 4.37. The van der Waals surface area contributed by atoms with Gasteiger partial charge in [0.05, 0.1) is 17.0 Å². The maximum Gasteiger partial charge on any atom is 0.337 e. The fourth-order valence-electron chi connectivity index (χ4n) is 1.97. The van der Waals surface area contributed by atoms with E-state index in [1.807, 2.05) is 6.92 Å². The van der Waals surface area contributed by atoms with Gasteiger partial charge in [-0.15, -0.1) is 0 Å². The Morgan fingerprint density at radius 1 is 1.35 bits per heavy atom. The Balaban J connectivity index is 2.52. The normalized spacial score (nSPS) is 10.6. The van der Waals surface area contributed by atoms with Gasteiger partial charge < -0.3 is 5.11 Å². The van der Waals surface area contributed by atoms with Crippen molar-refractivity contribution in [1.82, 2.24) is 4.98 Å². The Morgan fingerprint density at radius 2 is 2.10 bits per heavy atom. The average Bonchev–Trinajstić information content (AvgIpc) is 2.38. The first kappa shape index (κ1) is 14.7. The molecular weight excluding hydrogens is 325 g/mol. The molecule has 0 fully saturated rings. The standard InChI is InChI=1S/C15H13BrFNO2/c1-2-3-13-11(15(19)20)6-7-14(18-13)10-5-4-9(16)8-12(10)17/h4-8H,2-3H2,1H3,(H,19,20). The lowest BCUT2D eigenvalue weighted by molar-refractivity contribution is 0.0695. The Hall–Kier alpha value is -1.75. The van der Waals surface area contributed by atoms with Crippen LogP contribution in [0.1, 0.15) is 29.4 Å². The molecule has 1 aromatic heterocycles. The Bertz CT molecular complexity index is 658. The second-order valence-corrected chi connectivity index (χ2v) is 5.29. The highest BCUT2D eigenvalue weighted by Crippen LogP contribution is 2.25. The van der Waals surface area contributed by atoms with E-state index in [0.29, 0.717) is 27.8 Å². The molecule has 3 nitrogen and oxygen atoms in total. The van der Waals surface area contributed by atoms with Crippen molar-refractivity contribution in [2.45, 2.75) is 19.8 Å². The molecule has 2 aromatic rings. The lowest BCUT2D eigenvalue weighted by Gasteiger charge is -2.08. The third-order valence-electron chi connectivity index (χ3n) is 2.90. The quantitative estimate of drug-likeness (QED) is 0.904. The molecule has 20 heavy (non-hydrogen) atoms. The SMILES string of the molecule is CCCc1nc(-c2ccc(Br)cc2F)ccc1C(=O)O. The van der Waals surface area contributed by atoms with Crippen molar-refractivity contribution in [2.75, 3.05) is 0 Å². The van der Waals surface area contributed by atoms with Crippen molar-refractivity contribution < 1.29 is 14.3 Å². The first-order valence-electron chi connectivity index (χ1n) is 6.21. The smallest absolute Gasteiger partial charge is 0.337 e. The van der Waals surface area contributed by atoms with E-state index in [2.05, 4.69) is 20.9 Å². The number of hydrogen-bond donors (Lipinski definition) is 1. The lowest BCUT2D eigenvalue weighted by atomic mass is 10.1. The minimum atomic E-state index is -1.01. The topological polar surface area (TPSA) is 50.2 Å². The summed E-state index contributed by atoms with van der Waals surface area (Å²) in [6.45, 7) is 1.94. The van der Waals surface area contributed by atoms with Crippen molar-refractivity contribution in [2.24, 2.45) is 0 Å². The number of halogens is 2. The minimum Gasteiger partial charge on any atom is -0.478 e. The van der Waals surface area contributed by atoms with Gasteiger partial charge in [0.15, 0.2) is 0 Å². The molecule has 0 bridgehead atoms. The highest BCUT2D eigenvalue weighted by Gasteiger charge is 2.14. The molecule has 0 saturated carbocycles. The number of pyridine rings is 1. The summed E-state index contributed by atoms with van der Waals surface area (Å²) in [7, 11) is 0. The van der Waals surface area contributed by atoms with Crippen molar-refractivity contribution in [3.05, 3.63) is 51.9 Å². The summed E-state index contributed by atoms with van der Waals surface area (Å²) in [4.78, 5) is 15.4. The summed E-state index contributed by atoms with van der Waals surface area (Å²) in [6, 6.07) is 7.73. The maximum atomic E-state index is 13.9. The van der Waals surface area contributed by atoms with Crippen LogP contribution in [0.2, 0.25) is 0 Å². The molecule has 0 radical (unpaired) electrons. The van der Waals surface area contributed by atoms with Crippen LogP contribution in [-0.4, -0.2) is 16.1 Å². The fourth-order valence-corrected chi connectivity index (χ4v) is 2.30. The molecule has 0 spiro atoms. The van der Waals surface area contributed by atoms with E-state index in [0.717, 1.165) is 6.42 Å². The summed E-state index contributed by atoms with van der Waals surface area (Å²) < 4.78 is 14.6. The van der Waals surface area contributed by atoms with Crippen LogP contribution >= 0.6 is 15.9 Å². The van der Waals surface area contributed by atoms with Crippen LogP contribution in [0.15, 0.2) is 34.8 Å². The van der Waals surface area contributed by atoms with Gasteiger partial charge in [0.25, 0.3) is 0 Å². The zero-order valence-corrected chi connectivity index (χ0v) is 12.4. The van der Waals surface area contributed by atoms with Gasteiger partial charge in [0.2, 0.25) is 0 Å². The molecule has 0 atom stereocenters. The highest BCUT2D eigenvalue weighted by molar-refractivity contribution is 9.10. The molecule has 0 aliphatic carbocycles. The molecule has 0 aliphatic heterocycles. The summed E-state index contributed by atoms with van der Waals surface area (Å²) in [6.07, 6.45) is 1.33. The number of aryl methyl sites for hydroxylation is 1. The van der Waals surface area contributed by atoms with Gasteiger partial charge in [-0.05, 0) is 36.8 Å². The molecule has 0 unspecified atom stereocenters. The molecule has 2 rings (SSSR count). The van der Waals surface area contributed by atoms with Gasteiger partial charge in [-0.2, -0.15) is 0 Å². The molecule has 0 aliphatic rings. The van der Waals surface area contributed by atoms with Gasteiger partial charge >= 0.3 is 5.97 Å². The monoisotopic (exact) mass is 337 g/mol. The molecule has 0 amide bonds. The number of aromatic nitrogens is 1. The first-order valence-corrected chi connectivity index (χ1v) is 7.01. The molecule has 1 N–H and O–H groups in total. The van der Waals surface area contributed by atoms with E-state index in [1.54, 1.807) is 12.1 Å². The number of nitrogens with zero attached hydrogens (tertiary/aromatic N) is 1. The number of carboxylic acids is 1. The van der Waals surface area contributed by atoms with Crippen LogP contribution in [-0.2, 0) is 6.42 Å². The largest absolute Gasteiger partial charge is 0.478 e. The summed E-state index contributed by atoms with van der Waals surface area (Å²) in [5, 5.41) is 9.12. The zero-order valence-electron chi connectivity index (χ0n) is 10.9. The van der Waals surface area contributed by atoms with Gasteiger partial charge in [-0.3, -0.25) is 4.98 Å². The lowest BCUT2D eigenvalue weighted by Crippen LogP contribution is -2.06.